The molecule has 3 N–H and O–H groups in total. The van der Waals surface area contributed by atoms with Gasteiger partial charge in [-0.2, -0.15) is 13.2 Å². The molecule has 12 heteroatoms. The lowest BCUT2D eigenvalue weighted by Crippen LogP contribution is -2.49. The molecule has 7 nitrogen and oxygen atoms in total. The van der Waals surface area contributed by atoms with Crippen LogP contribution in [-0.4, -0.2) is 40.9 Å². The Morgan fingerprint density at radius 2 is 1.71 bits per heavy atom. The second-order valence-corrected chi connectivity index (χ2v) is 8.10. The zero-order valence-electron chi connectivity index (χ0n) is 16.1. The van der Waals surface area contributed by atoms with Gasteiger partial charge in [-0.15, -0.1) is 11.3 Å². The number of carbonyl (C=O) groups is 4. The second kappa shape index (κ2) is 9.48. The van der Waals surface area contributed by atoms with Crippen molar-refractivity contribution in [2.45, 2.75) is 32.5 Å². The lowest BCUT2D eigenvalue weighted by molar-refractivity contribution is -0.174. The molecule has 1 aromatic heterocycles. The summed E-state index contributed by atoms with van der Waals surface area (Å²) in [5.74, 6) is -5.72. The highest BCUT2D eigenvalue weighted by molar-refractivity contribution is 7.16. The van der Waals surface area contributed by atoms with E-state index in [0.717, 1.165) is 11.3 Å². The monoisotopic (exact) mass is 476 g/mol. The number of hydrogen-bond donors (Lipinski definition) is 3. The topological polar surface area (TPSA) is 113 Å². The number of halogens is 4. The van der Waals surface area contributed by atoms with E-state index in [2.05, 4.69) is 5.32 Å². The van der Waals surface area contributed by atoms with Crippen molar-refractivity contribution in [2.75, 3.05) is 5.32 Å². The number of carboxylic acids is 1. The summed E-state index contributed by atoms with van der Waals surface area (Å²) in [6, 6.07) is 3.93. The van der Waals surface area contributed by atoms with Gasteiger partial charge < -0.3 is 15.7 Å². The summed E-state index contributed by atoms with van der Waals surface area (Å²) in [6.07, 6.45) is -6.39. The number of amides is 2. The van der Waals surface area contributed by atoms with E-state index in [-0.39, 0.29) is 16.1 Å². The van der Waals surface area contributed by atoms with E-state index < -0.39 is 42.2 Å². The van der Waals surface area contributed by atoms with Crippen LogP contribution in [0.3, 0.4) is 0 Å². The lowest BCUT2D eigenvalue weighted by atomic mass is 10.0. The van der Waals surface area contributed by atoms with E-state index in [1.54, 1.807) is 13.8 Å². The molecule has 1 atom stereocenters. The van der Waals surface area contributed by atoms with Crippen LogP contribution in [0.1, 0.15) is 32.8 Å². The molecule has 2 amide bonds. The Balaban J connectivity index is 2.35. The van der Waals surface area contributed by atoms with E-state index in [4.69, 9.17) is 16.7 Å². The van der Waals surface area contributed by atoms with Crippen LogP contribution >= 0.6 is 22.9 Å². The average molecular weight is 477 g/mol. The molecule has 31 heavy (non-hydrogen) atoms. The van der Waals surface area contributed by atoms with Crippen LogP contribution in [0.15, 0.2) is 24.3 Å². The van der Waals surface area contributed by atoms with E-state index in [9.17, 15) is 32.3 Å². The van der Waals surface area contributed by atoms with Gasteiger partial charge >= 0.3 is 18.1 Å². The van der Waals surface area contributed by atoms with Crippen molar-refractivity contribution in [3.63, 3.8) is 0 Å². The van der Waals surface area contributed by atoms with Gasteiger partial charge in [0.15, 0.2) is 5.78 Å². The van der Waals surface area contributed by atoms with Gasteiger partial charge in [0.25, 0.3) is 0 Å². The van der Waals surface area contributed by atoms with Gasteiger partial charge in [-0.3, -0.25) is 19.2 Å². The molecule has 0 aliphatic heterocycles. The highest BCUT2D eigenvalue weighted by Gasteiger charge is 2.41. The van der Waals surface area contributed by atoms with Gasteiger partial charge in [0.2, 0.25) is 5.91 Å². The maximum atomic E-state index is 13.0. The van der Waals surface area contributed by atoms with Gasteiger partial charge in [0.05, 0.1) is 12.0 Å². The van der Waals surface area contributed by atoms with Crippen molar-refractivity contribution in [2.24, 2.45) is 0 Å². The maximum Gasteiger partial charge on any atom is 0.471 e. The van der Waals surface area contributed by atoms with E-state index in [1.807, 2.05) is 0 Å². The minimum absolute atomic E-state index is 0.0246. The third kappa shape index (κ3) is 6.05. The number of hydrogen-bond acceptors (Lipinski definition) is 5. The number of carboxylic acid groups (broad SMARTS) is 1. The Hall–Kier alpha value is -2.92. The number of aryl methyl sites for hydroxylation is 1. The minimum Gasteiger partial charge on any atom is -0.481 e. The Bertz CT molecular complexity index is 1030. The van der Waals surface area contributed by atoms with Crippen LogP contribution in [0.5, 0.6) is 0 Å². The average Bonchev–Trinajstić information content (AvgIpc) is 2.93. The molecule has 0 radical (unpaired) electrons. The Kier molecular flexibility index (Phi) is 7.45. The molecule has 0 unspecified atom stereocenters. The number of rotatable bonds is 7. The predicted octanol–water partition coefficient (Wildman–Crippen LogP) is 3.71. The van der Waals surface area contributed by atoms with E-state index in [0.29, 0.717) is 15.5 Å². The van der Waals surface area contributed by atoms with Crippen molar-refractivity contribution in [3.05, 3.63) is 50.9 Å². The van der Waals surface area contributed by atoms with Crippen LogP contribution in [0.25, 0.3) is 0 Å². The van der Waals surface area contributed by atoms with E-state index >= 15 is 0 Å². The molecular weight excluding hydrogens is 461 g/mol. The number of ketones is 1. The Morgan fingerprint density at radius 3 is 2.23 bits per heavy atom. The van der Waals surface area contributed by atoms with Crippen LogP contribution in [0.4, 0.5) is 18.2 Å². The summed E-state index contributed by atoms with van der Waals surface area (Å²) in [7, 11) is 0. The predicted molar refractivity (Wildman–Crippen MR) is 108 cm³/mol. The third-order valence-electron chi connectivity index (χ3n) is 4.21. The molecule has 2 aromatic rings. The van der Waals surface area contributed by atoms with Gasteiger partial charge in [-0.1, -0.05) is 11.6 Å². The normalized spacial score (nSPS) is 12.2. The van der Waals surface area contributed by atoms with Crippen molar-refractivity contribution in [3.8, 4) is 0 Å². The summed E-state index contributed by atoms with van der Waals surface area (Å²) in [6.45, 7) is 3.30. The molecule has 0 spiro atoms. The minimum atomic E-state index is -5.30. The first-order valence-corrected chi connectivity index (χ1v) is 9.81. The molecular formula is C19H16ClF3N2O5S. The molecule has 166 valence electrons. The molecule has 0 bridgehead atoms. The molecule has 0 fully saturated rings. The van der Waals surface area contributed by atoms with Crippen molar-refractivity contribution >= 4 is 51.5 Å². The first-order chi connectivity index (χ1) is 14.3. The molecule has 1 heterocycles. The van der Waals surface area contributed by atoms with Crippen molar-refractivity contribution in [1.29, 1.82) is 0 Å². The van der Waals surface area contributed by atoms with Gasteiger partial charge in [0, 0.05) is 15.5 Å². The maximum absolute atomic E-state index is 13.0. The highest BCUT2D eigenvalue weighted by Crippen LogP contribution is 2.34. The smallest absolute Gasteiger partial charge is 0.471 e. The van der Waals surface area contributed by atoms with Crippen molar-refractivity contribution in [1.82, 2.24) is 5.32 Å². The highest BCUT2D eigenvalue weighted by atomic mass is 35.5. The summed E-state index contributed by atoms with van der Waals surface area (Å²) < 4.78 is 37.6. The quantitative estimate of drug-likeness (QED) is 0.527. The first kappa shape index (κ1) is 24.4. The Morgan fingerprint density at radius 1 is 1.13 bits per heavy atom. The number of aliphatic carboxylic acids is 1. The number of thiophene rings is 1. The molecule has 0 aliphatic carbocycles. The third-order valence-corrected chi connectivity index (χ3v) is 5.59. The van der Waals surface area contributed by atoms with Gasteiger partial charge in [0.1, 0.15) is 11.0 Å². The lowest BCUT2D eigenvalue weighted by Gasteiger charge is -2.17. The fraction of sp³-hybridized carbons (Fsp3) is 0.263. The summed E-state index contributed by atoms with van der Waals surface area (Å²) in [5.41, 5.74) is 0.900. The molecule has 0 saturated heterocycles. The largest absolute Gasteiger partial charge is 0.481 e. The summed E-state index contributed by atoms with van der Waals surface area (Å²) in [5, 5.41) is 13.0. The van der Waals surface area contributed by atoms with Crippen LogP contribution in [0.2, 0.25) is 5.02 Å². The standard InChI is InChI=1S/C19H16ClF3N2O5S/c1-8-9(2)31-17(14(8)15(28)10-3-5-11(20)6-4-10)25-16(29)12(7-13(26)27)24-18(30)19(21,22)23/h3-6,12H,7H2,1-2H3,(H,24,30)(H,25,29)(H,26,27)/t12-/m0/s1. The number of alkyl halides is 3. The van der Waals surface area contributed by atoms with Crippen LogP contribution < -0.4 is 10.6 Å². The number of anilines is 1. The number of benzene rings is 1. The van der Waals surface area contributed by atoms with Crippen LogP contribution in [-0.2, 0) is 14.4 Å². The summed E-state index contributed by atoms with van der Waals surface area (Å²) in [4.78, 5) is 48.3. The van der Waals surface area contributed by atoms with E-state index in [1.165, 1.54) is 29.6 Å². The van der Waals surface area contributed by atoms with Gasteiger partial charge in [-0.05, 0) is 43.7 Å². The fourth-order valence-electron chi connectivity index (χ4n) is 2.56. The SMILES string of the molecule is Cc1sc(NC(=O)[C@H](CC(=O)O)NC(=O)C(F)(F)F)c(C(=O)c2ccc(Cl)cc2)c1C. The molecule has 1 aromatic carbocycles. The Labute approximate surface area is 183 Å². The molecule has 2 rings (SSSR count). The van der Waals surface area contributed by atoms with Crippen molar-refractivity contribution < 1.29 is 37.5 Å². The van der Waals surface area contributed by atoms with Gasteiger partial charge in [-0.25, -0.2) is 0 Å². The second-order valence-electron chi connectivity index (χ2n) is 6.43. The zero-order chi connectivity index (χ0) is 23.5. The summed E-state index contributed by atoms with van der Waals surface area (Å²) >= 11 is 6.81. The fourth-order valence-corrected chi connectivity index (χ4v) is 3.74. The molecule has 0 saturated carbocycles. The molecule has 0 aliphatic rings. The number of nitrogens with one attached hydrogen (secondary N) is 2. The zero-order valence-corrected chi connectivity index (χ0v) is 17.7. The number of carbonyl (C=O) groups excluding carboxylic acids is 3. The first-order valence-electron chi connectivity index (χ1n) is 8.61. The van der Waals surface area contributed by atoms with Crippen LogP contribution in [0, 0.1) is 13.8 Å².